The maximum absolute atomic E-state index is 13.1. The summed E-state index contributed by atoms with van der Waals surface area (Å²) >= 11 is 0. The topological polar surface area (TPSA) is 31.4 Å². The third-order valence-electron chi connectivity index (χ3n) is 2.90. The van der Waals surface area contributed by atoms with E-state index in [-0.39, 0.29) is 11.3 Å². The van der Waals surface area contributed by atoms with Crippen molar-refractivity contribution >= 4 is 0 Å². The number of ether oxygens (including phenoxy) is 2. The predicted octanol–water partition coefficient (Wildman–Crippen LogP) is 4.32. The zero-order valence-corrected chi connectivity index (χ0v) is 12.1. The average molecular weight is 275 g/mol. The molecular formula is C16H18FNO2. The Morgan fingerprint density at radius 1 is 1.10 bits per heavy atom. The predicted molar refractivity (Wildman–Crippen MR) is 76.0 cm³/mol. The van der Waals surface area contributed by atoms with E-state index in [1.165, 1.54) is 6.07 Å². The van der Waals surface area contributed by atoms with Gasteiger partial charge in [0.05, 0.1) is 7.11 Å². The Morgan fingerprint density at radius 2 is 1.85 bits per heavy atom. The van der Waals surface area contributed by atoms with E-state index in [4.69, 9.17) is 9.47 Å². The number of nitrogens with zero attached hydrogens (tertiary/aromatic N) is 1. The third-order valence-corrected chi connectivity index (χ3v) is 2.90. The summed E-state index contributed by atoms with van der Waals surface area (Å²) in [7, 11) is 1.62. The molecule has 0 fully saturated rings. The van der Waals surface area contributed by atoms with E-state index >= 15 is 0 Å². The summed E-state index contributed by atoms with van der Waals surface area (Å²) in [5.74, 6) is 1.08. The maximum atomic E-state index is 13.1. The van der Waals surface area contributed by atoms with Gasteiger partial charge in [-0.2, -0.15) is 9.37 Å². The molecule has 0 saturated heterocycles. The van der Waals surface area contributed by atoms with Crippen molar-refractivity contribution in [2.24, 2.45) is 0 Å². The molecule has 0 aliphatic rings. The highest BCUT2D eigenvalue weighted by molar-refractivity contribution is 5.45. The van der Waals surface area contributed by atoms with Gasteiger partial charge in [0.2, 0.25) is 11.8 Å². The SMILES string of the molecule is COc1ccc(Oc2cccc(F)n2)c(C(C)(C)C)c1. The second-order valence-corrected chi connectivity index (χ2v) is 5.51. The minimum Gasteiger partial charge on any atom is -0.497 e. The lowest BCUT2D eigenvalue weighted by Gasteiger charge is -2.23. The number of rotatable bonds is 3. The van der Waals surface area contributed by atoms with Crippen molar-refractivity contribution in [2.45, 2.75) is 26.2 Å². The first kappa shape index (κ1) is 14.3. The van der Waals surface area contributed by atoms with Gasteiger partial charge in [-0.1, -0.05) is 26.8 Å². The number of hydrogen-bond acceptors (Lipinski definition) is 3. The van der Waals surface area contributed by atoms with Gasteiger partial charge >= 0.3 is 0 Å². The molecule has 2 rings (SSSR count). The van der Waals surface area contributed by atoms with Gasteiger partial charge in [0.1, 0.15) is 11.5 Å². The van der Waals surface area contributed by atoms with Gasteiger partial charge in [0.15, 0.2) is 0 Å². The lowest BCUT2D eigenvalue weighted by Crippen LogP contribution is -2.13. The van der Waals surface area contributed by atoms with E-state index in [9.17, 15) is 4.39 Å². The van der Waals surface area contributed by atoms with Gasteiger partial charge in [-0.15, -0.1) is 0 Å². The molecule has 4 heteroatoms. The molecule has 0 unspecified atom stereocenters. The fourth-order valence-electron chi connectivity index (χ4n) is 1.87. The molecule has 0 amide bonds. The van der Waals surface area contributed by atoms with E-state index < -0.39 is 5.95 Å². The van der Waals surface area contributed by atoms with Crippen molar-refractivity contribution in [2.75, 3.05) is 7.11 Å². The molecule has 0 N–H and O–H groups in total. The summed E-state index contributed by atoms with van der Waals surface area (Å²) < 4.78 is 24.1. The van der Waals surface area contributed by atoms with Crippen molar-refractivity contribution < 1.29 is 13.9 Å². The number of benzene rings is 1. The Kier molecular flexibility index (Phi) is 3.93. The molecule has 0 aliphatic carbocycles. The fourth-order valence-corrected chi connectivity index (χ4v) is 1.87. The first-order valence-electron chi connectivity index (χ1n) is 6.39. The number of aromatic nitrogens is 1. The van der Waals surface area contributed by atoms with Crippen LogP contribution in [0.4, 0.5) is 4.39 Å². The highest BCUT2D eigenvalue weighted by atomic mass is 19.1. The highest BCUT2D eigenvalue weighted by Gasteiger charge is 2.20. The molecule has 3 nitrogen and oxygen atoms in total. The summed E-state index contributed by atoms with van der Waals surface area (Å²) in [6.45, 7) is 6.23. The number of pyridine rings is 1. The zero-order valence-electron chi connectivity index (χ0n) is 12.1. The molecule has 0 bridgehead atoms. The largest absolute Gasteiger partial charge is 0.497 e. The molecule has 0 spiro atoms. The smallest absolute Gasteiger partial charge is 0.221 e. The van der Waals surface area contributed by atoms with Crippen molar-refractivity contribution in [1.82, 2.24) is 4.98 Å². The van der Waals surface area contributed by atoms with Crippen molar-refractivity contribution in [1.29, 1.82) is 0 Å². The first-order chi connectivity index (χ1) is 9.40. The van der Waals surface area contributed by atoms with Crippen LogP contribution in [0.15, 0.2) is 36.4 Å². The number of methoxy groups -OCH3 is 1. The van der Waals surface area contributed by atoms with Gasteiger partial charge in [-0.3, -0.25) is 0 Å². The second kappa shape index (κ2) is 5.49. The number of hydrogen-bond donors (Lipinski definition) is 0. The normalized spacial score (nSPS) is 11.2. The Balaban J connectivity index is 2.41. The van der Waals surface area contributed by atoms with Crippen LogP contribution in [0.5, 0.6) is 17.4 Å². The standard InChI is InChI=1S/C16H18FNO2/c1-16(2,3)12-10-11(19-4)8-9-13(12)20-15-7-5-6-14(17)18-15/h5-10H,1-4H3. The van der Waals surface area contributed by atoms with Crippen LogP contribution in [-0.4, -0.2) is 12.1 Å². The lowest BCUT2D eigenvalue weighted by molar-refractivity contribution is 0.403. The molecule has 0 atom stereocenters. The van der Waals surface area contributed by atoms with Gasteiger partial charge in [-0.05, 0) is 29.7 Å². The Morgan fingerprint density at radius 3 is 2.45 bits per heavy atom. The second-order valence-electron chi connectivity index (χ2n) is 5.51. The molecule has 1 aromatic heterocycles. The molecule has 0 aliphatic heterocycles. The number of halogens is 1. The summed E-state index contributed by atoms with van der Waals surface area (Å²) in [6.07, 6.45) is 0. The summed E-state index contributed by atoms with van der Waals surface area (Å²) in [4.78, 5) is 3.71. The van der Waals surface area contributed by atoms with Crippen molar-refractivity contribution in [3.05, 3.63) is 47.9 Å². The minimum atomic E-state index is -0.562. The molecule has 2 aromatic rings. The monoisotopic (exact) mass is 275 g/mol. The molecule has 0 saturated carbocycles. The van der Waals surface area contributed by atoms with Crippen LogP contribution in [-0.2, 0) is 5.41 Å². The summed E-state index contributed by atoms with van der Waals surface area (Å²) in [6, 6.07) is 10.0. The quantitative estimate of drug-likeness (QED) is 0.782. The lowest BCUT2D eigenvalue weighted by atomic mass is 9.86. The van der Waals surface area contributed by atoms with E-state index in [2.05, 4.69) is 25.8 Å². The van der Waals surface area contributed by atoms with Crippen LogP contribution in [0.3, 0.4) is 0 Å². The summed E-state index contributed by atoms with van der Waals surface area (Å²) in [5.41, 5.74) is 0.847. The van der Waals surface area contributed by atoms with Crippen LogP contribution in [0.2, 0.25) is 0 Å². The fraction of sp³-hybridized carbons (Fsp3) is 0.312. The van der Waals surface area contributed by atoms with E-state index in [1.807, 2.05) is 18.2 Å². The van der Waals surface area contributed by atoms with Gasteiger partial charge in [-0.25, -0.2) is 0 Å². The average Bonchev–Trinajstić information content (AvgIpc) is 2.38. The van der Waals surface area contributed by atoms with Gasteiger partial charge < -0.3 is 9.47 Å². The molecule has 1 aromatic carbocycles. The van der Waals surface area contributed by atoms with Crippen LogP contribution in [0.25, 0.3) is 0 Å². The minimum absolute atomic E-state index is 0.128. The highest BCUT2D eigenvalue weighted by Crippen LogP contribution is 2.36. The molecule has 1 heterocycles. The van der Waals surface area contributed by atoms with Crippen LogP contribution < -0.4 is 9.47 Å². The Hall–Kier alpha value is -2.10. The Labute approximate surface area is 118 Å². The van der Waals surface area contributed by atoms with Crippen LogP contribution >= 0.6 is 0 Å². The van der Waals surface area contributed by atoms with Gasteiger partial charge in [0, 0.05) is 11.6 Å². The van der Waals surface area contributed by atoms with Crippen LogP contribution in [0.1, 0.15) is 26.3 Å². The summed E-state index contributed by atoms with van der Waals surface area (Å²) in [5, 5.41) is 0. The van der Waals surface area contributed by atoms with E-state index in [0.29, 0.717) is 5.75 Å². The molecule has 20 heavy (non-hydrogen) atoms. The van der Waals surface area contributed by atoms with E-state index in [0.717, 1.165) is 11.3 Å². The van der Waals surface area contributed by atoms with E-state index in [1.54, 1.807) is 19.2 Å². The van der Waals surface area contributed by atoms with Crippen molar-refractivity contribution in [3.8, 4) is 17.4 Å². The Bertz CT molecular complexity index is 606. The molecule has 106 valence electrons. The molecular weight excluding hydrogens is 257 g/mol. The first-order valence-corrected chi connectivity index (χ1v) is 6.39. The zero-order chi connectivity index (χ0) is 14.8. The molecule has 0 radical (unpaired) electrons. The maximum Gasteiger partial charge on any atom is 0.221 e. The van der Waals surface area contributed by atoms with Gasteiger partial charge in [0.25, 0.3) is 0 Å². The van der Waals surface area contributed by atoms with Crippen molar-refractivity contribution in [3.63, 3.8) is 0 Å². The third kappa shape index (κ3) is 3.26. The van der Waals surface area contributed by atoms with Crippen LogP contribution in [0, 0.1) is 5.95 Å².